The van der Waals surface area contributed by atoms with Crippen molar-refractivity contribution in [3.8, 4) is 5.75 Å². The molecule has 0 bridgehead atoms. The normalized spacial score (nSPS) is 19.3. The Labute approximate surface area is 180 Å². The molecule has 3 rings (SSSR count). The third-order valence-electron chi connectivity index (χ3n) is 5.38. The molecule has 29 heavy (non-hydrogen) atoms. The summed E-state index contributed by atoms with van der Waals surface area (Å²) >= 11 is 6.14. The van der Waals surface area contributed by atoms with Gasteiger partial charge < -0.3 is 15.4 Å². The molecular formula is C25H33ClN2O. The first-order valence-corrected chi connectivity index (χ1v) is 11.1. The Kier molecular flexibility index (Phi) is 7.63. The van der Waals surface area contributed by atoms with Crippen LogP contribution in [0, 0.1) is 0 Å². The van der Waals surface area contributed by atoms with Crippen LogP contribution >= 0.6 is 11.6 Å². The number of likely N-dealkylation sites (N-methyl/N-ethyl adjacent to an activating group) is 1. The first-order chi connectivity index (χ1) is 14.0. The molecule has 2 aliphatic rings. The second kappa shape index (κ2) is 10.2. The van der Waals surface area contributed by atoms with E-state index in [1.165, 1.54) is 22.4 Å². The van der Waals surface area contributed by atoms with Crippen molar-refractivity contribution in [2.24, 2.45) is 0 Å². The van der Waals surface area contributed by atoms with Crippen molar-refractivity contribution in [2.75, 3.05) is 12.4 Å². The summed E-state index contributed by atoms with van der Waals surface area (Å²) in [6.07, 6.45) is 13.9. The van der Waals surface area contributed by atoms with Crippen LogP contribution in [-0.2, 0) is 6.42 Å². The summed E-state index contributed by atoms with van der Waals surface area (Å²) in [5.41, 5.74) is 6.32. The largest absolute Gasteiger partial charge is 0.491 e. The molecule has 0 radical (unpaired) electrons. The van der Waals surface area contributed by atoms with E-state index in [2.05, 4.69) is 67.8 Å². The summed E-state index contributed by atoms with van der Waals surface area (Å²) < 4.78 is 5.95. The van der Waals surface area contributed by atoms with Gasteiger partial charge in [0.1, 0.15) is 5.75 Å². The number of rotatable bonds is 8. The number of anilines is 1. The van der Waals surface area contributed by atoms with Crippen LogP contribution in [0.2, 0.25) is 0 Å². The lowest BCUT2D eigenvalue weighted by Gasteiger charge is -2.25. The molecule has 1 aromatic carbocycles. The minimum atomic E-state index is 0.180. The highest BCUT2D eigenvalue weighted by molar-refractivity contribution is 6.29. The van der Waals surface area contributed by atoms with Gasteiger partial charge in [-0.2, -0.15) is 0 Å². The molecule has 0 aromatic heterocycles. The Hall–Kier alpha value is -1.97. The Balaban J connectivity index is 1.79. The summed E-state index contributed by atoms with van der Waals surface area (Å²) in [6, 6.07) is 6.79. The fourth-order valence-electron chi connectivity index (χ4n) is 3.77. The topological polar surface area (TPSA) is 33.3 Å². The zero-order valence-corrected chi connectivity index (χ0v) is 18.8. The van der Waals surface area contributed by atoms with Gasteiger partial charge in [-0.15, -0.1) is 0 Å². The summed E-state index contributed by atoms with van der Waals surface area (Å²) in [6.45, 7) is 6.30. The lowest BCUT2D eigenvalue weighted by Crippen LogP contribution is -2.26. The SMILES string of the molecule is CCc1cc(NC2=CCC(NC)C=C2CC2=CC=C(Cl)CC2)ccc1OC(C)C. The summed E-state index contributed by atoms with van der Waals surface area (Å²) in [7, 11) is 2.02. The second-order valence-electron chi connectivity index (χ2n) is 8.02. The number of halogens is 1. The van der Waals surface area contributed by atoms with Crippen molar-refractivity contribution in [1.82, 2.24) is 5.32 Å². The van der Waals surface area contributed by atoms with E-state index >= 15 is 0 Å². The van der Waals surface area contributed by atoms with Crippen molar-refractivity contribution in [1.29, 1.82) is 0 Å². The van der Waals surface area contributed by atoms with Crippen LogP contribution in [0.5, 0.6) is 5.75 Å². The number of nitrogens with one attached hydrogen (secondary N) is 2. The summed E-state index contributed by atoms with van der Waals surface area (Å²) in [5.74, 6) is 0.979. The number of allylic oxidation sites excluding steroid dienone is 5. The molecular weight excluding hydrogens is 380 g/mol. The van der Waals surface area contributed by atoms with Crippen LogP contribution in [0.1, 0.15) is 52.0 Å². The lowest BCUT2D eigenvalue weighted by atomic mass is 9.91. The molecule has 3 nitrogen and oxygen atoms in total. The van der Waals surface area contributed by atoms with Crippen molar-refractivity contribution < 1.29 is 4.74 Å². The van der Waals surface area contributed by atoms with Crippen molar-refractivity contribution in [3.05, 3.63) is 69.9 Å². The minimum Gasteiger partial charge on any atom is -0.491 e. The van der Waals surface area contributed by atoms with Crippen molar-refractivity contribution >= 4 is 17.3 Å². The summed E-state index contributed by atoms with van der Waals surface area (Å²) in [4.78, 5) is 0. The van der Waals surface area contributed by atoms with Gasteiger partial charge in [-0.05, 0) is 88.4 Å². The standard InChI is InChI=1S/C25H33ClN2O/c1-5-19-15-23(11-13-25(19)29-17(2)3)28-24-12-10-22(27-4)16-20(24)14-18-6-8-21(26)9-7-18/h6,8,11-13,15-17,22,27-28H,5,7,9-10,14H2,1-4H3. The Morgan fingerprint density at radius 2 is 2.03 bits per heavy atom. The maximum atomic E-state index is 6.14. The molecule has 2 N–H and O–H groups in total. The van der Waals surface area contributed by atoms with Crippen molar-refractivity contribution in [2.45, 2.75) is 65.0 Å². The number of benzene rings is 1. The lowest BCUT2D eigenvalue weighted by molar-refractivity contribution is 0.240. The maximum Gasteiger partial charge on any atom is 0.123 e. The van der Waals surface area contributed by atoms with Gasteiger partial charge in [0.25, 0.3) is 0 Å². The van der Waals surface area contributed by atoms with E-state index in [1.54, 1.807) is 0 Å². The van der Waals surface area contributed by atoms with Crippen LogP contribution < -0.4 is 15.4 Å². The molecule has 2 aliphatic carbocycles. The van der Waals surface area contributed by atoms with E-state index in [1.807, 2.05) is 13.1 Å². The third-order valence-corrected chi connectivity index (χ3v) is 5.70. The third kappa shape index (κ3) is 6.01. The molecule has 1 atom stereocenters. The van der Waals surface area contributed by atoms with Gasteiger partial charge in [0.2, 0.25) is 0 Å². The number of hydrogen-bond donors (Lipinski definition) is 2. The average molecular weight is 413 g/mol. The Bertz CT molecular complexity index is 848. The van der Waals surface area contributed by atoms with Gasteiger partial charge in [0.05, 0.1) is 6.10 Å². The van der Waals surface area contributed by atoms with Gasteiger partial charge in [-0.1, -0.05) is 42.3 Å². The van der Waals surface area contributed by atoms with Crippen LogP contribution in [0.3, 0.4) is 0 Å². The number of aryl methyl sites for hydroxylation is 1. The monoisotopic (exact) mass is 412 g/mol. The molecule has 4 heteroatoms. The fourth-order valence-corrected chi connectivity index (χ4v) is 3.93. The molecule has 0 saturated heterocycles. The van der Waals surface area contributed by atoms with Crippen molar-refractivity contribution in [3.63, 3.8) is 0 Å². The molecule has 0 heterocycles. The highest BCUT2D eigenvalue weighted by Crippen LogP contribution is 2.32. The highest BCUT2D eigenvalue weighted by Gasteiger charge is 2.17. The minimum absolute atomic E-state index is 0.180. The summed E-state index contributed by atoms with van der Waals surface area (Å²) in [5, 5.41) is 8.01. The fraction of sp³-hybridized carbons (Fsp3) is 0.440. The van der Waals surface area contributed by atoms with Crippen LogP contribution in [0.4, 0.5) is 5.69 Å². The highest BCUT2D eigenvalue weighted by atomic mass is 35.5. The zero-order valence-electron chi connectivity index (χ0n) is 18.0. The van der Waals surface area contributed by atoms with E-state index in [4.69, 9.17) is 16.3 Å². The van der Waals surface area contributed by atoms with Gasteiger partial charge in [-0.3, -0.25) is 0 Å². The Morgan fingerprint density at radius 1 is 1.21 bits per heavy atom. The Morgan fingerprint density at radius 3 is 2.69 bits per heavy atom. The van der Waals surface area contributed by atoms with Crippen LogP contribution in [-0.4, -0.2) is 19.2 Å². The molecule has 156 valence electrons. The van der Waals surface area contributed by atoms with Gasteiger partial charge in [0, 0.05) is 22.5 Å². The quantitative estimate of drug-likeness (QED) is 0.512. The maximum absolute atomic E-state index is 6.14. The van der Waals surface area contributed by atoms with Gasteiger partial charge >= 0.3 is 0 Å². The van der Waals surface area contributed by atoms with E-state index in [-0.39, 0.29) is 6.10 Å². The predicted molar refractivity (Wildman–Crippen MR) is 125 cm³/mol. The van der Waals surface area contributed by atoms with E-state index < -0.39 is 0 Å². The smallest absolute Gasteiger partial charge is 0.123 e. The molecule has 0 fully saturated rings. The van der Waals surface area contributed by atoms with Crippen LogP contribution in [0.15, 0.2) is 64.4 Å². The van der Waals surface area contributed by atoms with Crippen LogP contribution in [0.25, 0.3) is 0 Å². The molecule has 1 unspecified atom stereocenters. The van der Waals surface area contributed by atoms with E-state index in [9.17, 15) is 0 Å². The van der Waals surface area contributed by atoms with Gasteiger partial charge in [0.15, 0.2) is 0 Å². The zero-order chi connectivity index (χ0) is 20.8. The molecule has 1 aromatic rings. The molecule has 0 amide bonds. The first kappa shape index (κ1) is 21.7. The number of hydrogen-bond acceptors (Lipinski definition) is 3. The first-order valence-electron chi connectivity index (χ1n) is 10.7. The van der Waals surface area contributed by atoms with E-state index in [0.717, 1.165) is 48.6 Å². The second-order valence-corrected chi connectivity index (χ2v) is 8.51. The predicted octanol–water partition coefficient (Wildman–Crippen LogP) is 6.48. The van der Waals surface area contributed by atoms with E-state index in [0.29, 0.717) is 6.04 Å². The number of ether oxygens (including phenoxy) is 1. The molecule has 0 aliphatic heterocycles. The van der Waals surface area contributed by atoms with Gasteiger partial charge in [-0.25, -0.2) is 0 Å². The molecule has 0 saturated carbocycles. The average Bonchev–Trinajstić information content (AvgIpc) is 2.71. The molecule has 0 spiro atoms.